The fourth-order valence-corrected chi connectivity index (χ4v) is 6.56. The average Bonchev–Trinajstić information content (AvgIpc) is 3.02. The summed E-state index contributed by atoms with van der Waals surface area (Å²) < 4.78 is 31.3. The Balaban J connectivity index is 1.58. The van der Waals surface area contributed by atoms with E-state index in [2.05, 4.69) is 15.9 Å². The summed E-state index contributed by atoms with van der Waals surface area (Å²) in [6, 6.07) is 14.7. The van der Waals surface area contributed by atoms with Crippen LogP contribution in [0.5, 0.6) is 5.75 Å². The minimum absolute atomic E-state index is 0.00459. The number of benzene rings is 2. The molecule has 29 heavy (non-hydrogen) atoms. The van der Waals surface area contributed by atoms with Gasteiger partial charge in [0.25, 0.3) is 0 Å². The Morgan fingerprint density at radius 3 is 2.48 bits per heavy atom. The van der Waals surface area contributed by atoms with E-state index in [-0.39, 0.29) is 36.0 Å². The second-order valence-electron chi connectivity index (χ2n) is 7.48. The smallest absolute Gasteiger partial charge is 0.241 e. The topological polar surface area (TPSA) is 66.9 Å². The molecule has 0 bridgehead atoms. The van der Waals surface area contributed by atoms with Crippen LogP contribution in [0.25, 0.3) is 0 Å². The summed E-state index contributed by atoms with van der Waals surface area (Å²) in [5.74, 6) is 0.836. The number of methoxy groups -OCH3 is 1. The van der Waals surface area contributed by atoms with Crippen LogP contribution < -0.4 is 9.64 Å². The van der Waals surface area contributed by atoms with Gasteiger partial charge in [0, 0.05) is 22.7 Å². The second kappa shape index (κ2) is 8.08. The van der Waals surface area contributed by atoms with Crippen LogP contribution in [0.3, 0.4) is 0 Å². The van der Waals surface area contributed by atoms with Crippen molar-refractivity contribution in [1.29, 1.82) is 0 Å². The monoisotopic (exact) mass is 478 g/mol. The Morgan fingerprint density at radius 2 is 1.76 bits per heavy atom. The highest BCUT2D eigenvalue weighted by atomic mass is 79.9. The first-order valence-electron chi connectivity index (χ1n) is 9.52. The Kier molecular flexibility index (Phi) is 5.68. The first-order valence-corrected chi connectivity index (χ1v) is 12.1. The molecule has 2 aromatic carbocycles. The molecule has 2 aromatic rings. The molecule has 1 amide bonds. The van der Waals surface area contributed by atoms with Gasteiger partial charge in [-0.2, -0.15) is 0 Å². The van der Waals surface area contributed by atoms with E-state index >= 15 is 0 Å². The molecular weight excluding hydrogens is 456 g/mol. The number of sulfone groups is 1. The molecule has 0 N–H and O–H groups in total. The van der Waals surface area contributed by atoms with Gasteiger partial charge in [-0.15, -0.1) is 0 Å². The summed E-state index contributed by atoms with van der Waals surface area (Å²) in [5.41, 5.74) is 1.80. The fraction of sp³-hybridized carbons (Fsp3) is 0.381. The van der Waals surface area contributed by atoms with E-state index in [4.69, 9.17) is 4.74 Å². The van der Waals surface area contributed by atoms with Crippen LogP contribution in [-0.4, -0.2) is 63.0 Å². The third-order valence-corrected chi connectivity index (χ3v) is 7.89. The van der Waals surface area contributed by atoms with Gasteiger partial charge in [0.1, 0.15) is 5.75 Å². The molecule has 6 nitrogen and oxygen atoms in total. The number of fused-ring (bicyclic) bond motifs is 1. The van der Waals surface area contributed by atoms with Crippen LogP contribution in [0.15, 0.2) is 53.0 Å². The summed E-state index contributed by atoms with van der Waals surface area (Å²) in [7, 11) is -1.56. The van der Waals surface area contributed by atoms with E-state index in [9.17, 15) is 13.2 Å². The van der Waals surface area contributed by atoms with Crippen molar-refractivity contribution in [3.05, 3.63) is 58.6 Å². The lowest BCUT2D eigenvalue weighted by Gasteiger charge is -2.43. The molecule has 2 aliphatic rings. The zero-order valence-corrected chi connectivity index (χ0v) is 18.5. The molecule has 4 rings (SSSR count). The maximum atomic E-state index is 13.0. The van der Waals surface area contributed by atoms with Gasteiger partial charge < -0.3 is 9.64 Å². The lowest BCUT2D eigenvalue weighted by Crippen LogP contribution is -2.62. The van der Waals surface area contributed by atoms with Crippen LogP contribution in [0, 0.1) is 0 Å². The highest BCUT2D eigenvalue weighted by Gasteiger charge is 2.49. The Morgan fingerprint density at radius 1 is 1.07 bits per heavy atom. The average molecular weight is 479 g/mol. The zero-order chi connectivity index (χ0) is 20.6. The molecule has 0 aliphatic carbocycles. The van der Waals surface area contributed by atoms with Gasteiger partial charge in [0.15, 0.2) is 9.84 Å². The summed E-state index contributed by atoms with van der Waals surface area (Å²) in [6.45, 7) is 0.818. The molecule has 2 atom stereocenters. The molecule has 2 saturated heterocycles. The van der Waals surface area contributed by atoms with E-state index in [0.29, 0.717) is 13.0 Å². The van der Waals surface area contributed by atoms with E-state index in [0.717, 1.165) is 21.5 Å². The lowest BCUT2D eigenvalue weighted by molar-refractivity contribution is -0.123. The number of hydrogen-bond donors (Lipinski definition) is 0. The van der Waals surface area contributed by atoms with Gasteiger partial charge in [0.2, 0.25) is 5.91 Å². The van der Waals surface area contributed by atoms with Gasteiger partial charge in [-0.05, 0) is 42.3 Å². The van der Waals surface area contributed by atoms with Gasteiger partial charge in [-0.3, -0.25) is 9.69 Å². The zero-order valence-electron chi connectivity index (χ0n) is 16.1. The van der Waals surface area contributed by atoms with Gasteiger partial charge in [0.05, 0.1) is 31.2 Å². The predicted octanol–water partition coefficient (Wildman–Crippen LogP) is 2.51. The number of anilines is 1. The molecule has 0 spiro atoms. The highest BCUT2D eigenvalue weighted by Crippen LogP contribution is 2.32. The van der Waals surface area contributed by atoms with Crippen LogP contribution in [0.4, 0.5) is 5.69 Å². The van der Waals surface area contributed by atoms with Gasteiger partial charge in [-0.1, -0.05) is 34.1 Å². The van der Waals surface area contributed by atoms with E-state index < -0.39 is 9.84 Å². The van der Waals surface area contributed by atoms with Crippen LogP contribution in [-0.2, 0) is 21.1 Å². The SMILES string of the molecule is COc1ccccc1CCN1CC(=O)N(c2ccc(Br)cc2)[C@@H]2CS(=O)(=O)C[C@H]21. The van der Waals surface area contributed by atoms with E-state index in [1.807, 2.05) is 53.4 Å². The van der Waals surface area contributed by atoms with Crippen molar-refractivity contribution in [2.75, 3.05) is 36.6 Å². The summed E-state index contributed by atoms with van der Waals surface area (Å²) in [5, 5.41) is 0. The number of para-hydroxylation sites is 1. The molecule has 2 heterocycles. The maximum absolute atomic E-state index is 13.0. The molecule has 0 aromatic heterocycles. The van der Waals surface area contributed by atoms with Crippen molar-refractivity contribution in [3.8, 4) is 5.75 Å². The quantitative estimate of drug-likeness (QED) is 0.660. The normalized spacial score (nSPS) is 23.8. The number of rotatable bonds is 5. The van der Waals surface area contributed by atoms with Crippen molar-refractivity contribution in [3.63, 3.8) is 0 Å². The molecule has 0 radical (unpaired) electrons. The van der Waals surface area contributed by atoms with Crippen molar-refractivity contribution < 1.29 is 17.9 Å². The van der Waals surface area contributed by atoms with Gasteiger partial charge >= 0.3 is 0 Å². The third kappa shape index (κ3) is 4.20. The number of halogens is 1. The lowest BCUT2D eigenvalue weighted by atomic mass is 10.0. The van der Waals surface area contributed by atoms with Crippen molar-refractivity contribution in [1.82, 2.24) is 4.90 Å². The summed E-state index contributed by atoms with van der Waals surface area (Å²) >= 11 is 3.41. The number of hydrogen-bond acceptors (Lipinski definition) is 5. The molecule has 2 fully saturated rings. The van der Waals surface area contributed by atoms with E-state index in [1.54, 1.807) is 12.0 Å². The molecule has 0 saturated carbocycles. The third-order valence-electron chi connectivity index (χ3n) is 5.67. The molecular formula is C21H23BrN2O4S. The minimum Gasteiger partial charge on any atom is -0.496 e. The molecule has 0 unspecified atom stereocenters. The Labute approximate surface area is 179 Å². The number of carbonyl (C=O) groups is 1. The maximum Gasteiger partial charge on any atom is 0.241 e. The standard InChI is InChI=1S/C21H23BrN2O4S/c1-28-20-5-3-2-4-15(20)10-11-23-12-21(25)24(17-8-6-16(22)7-9-17)19-14-29(26,27)13-18(19)23/h2-9,18-19H,10-14H2,1H3/t18-,19-/m1/s1. The van der Waals surface area contributed by atoms with Crippen LogP contribution >= 0.6 is 15.9 Å². The fourth-order valence-electron chi connectivity index (χ4n) is 4.31. The van der Waals surface area contributed by atoms with Crippen LogP contribution in [0.1, 0.15) is 5.56 Å². The minimum atomic E-state index is -3.20. The van der Waals surface area contributed by atoms with Gasteiger partial charge in [-0.25, -0.2) is 8.42 Å². The second-order valence-corrected chi connectivity index (χ2v) is 10.6. The van der Waals surface area contributed by atoms with Crippen molar-refractivity contribution in [2.24, 2.45) is 0 Å². The molecule has 2 aliphatic heterocycles. The van der Waals surface area contributed by atoms with E-state index in [1.165, 1.54) is 0 Å². The number of amides is 1. The molecule has 8 heteroatoms. The number of piperazine rings is 1. The molecule has 154 valence electrons. The largest absolute Gasteiger partial charge is 0.496 e. The van der Waals surface area contributed by atoms with Crippen molar-refractivity contribution in [2.45, 2.75) is 18.5 Å². The van der Waals surface area contributed by atoms with Crippen LogP contribution in [0.2, 0.25) is 0 Å². The summed E-state index contributed by atoms with van der Waals surface area (Å²) in [6.07, 6.45) is 0.693. The summed E-state index contributed by atoms with van der Waals surface area (Å²) in [4.78, 5) is 16.7. The first kappa shape index (κ1) is 20.4. The predicted molar refractivity (Wildman–Crippen MR) is 116 cm³/mol. The Bertz CT molecular complexity index is 1010. The number of nitrogens with zero attached hydrogens (tertiary/aromatic N) is 2. The first-order chi connectivity index (χ1) is 13.9. The Hall–Kier alpha value is -1.90. The number of ether oxygens (including phenoxy) is 1. The van der Waals surface area contributed by atoms with Crippen molar-refractivity contribution >= 4 is 37.4 Å². The number of carbonyl (C=O) groups excluding carboxylic acids is 1. The highest BCUT2D eigenvalue weighted by molar-refractivity contribution is 9.10.